The molecule has 1 aromatic carbocycles. The molecular weight excluding hydrogens is 402 g/mol. The number of hydrogen-bond donors (Lipinski definition) is 5. The normalized spacial score (nSPS) is 12.2. The molecule has 0 heterocycles. The number of carbonyl (C=O) groups is 5. The molecule has 0 saturated heterocycles. The molecule has 0 aliphatic carbocycles. The summed E-state index contributed by atoms with van der Waals surface area (Å²) in [5, 5.41) is 14.7. The fraction of sp³-hybridized carbons (Fsp3) is 0.429. The molecule has 1 aromatic rings. The van der Waals surface area contributed by atoms with Crippen LogP contribution in [0.2, 0.25) is 0 Å². The Morgan fingerprint density at radius 3 is 2.10 bits per heavy atom. The number of hydrogen-bond acceptors (Lipinski definition) is 6. The number of aryl methyl sites for hydroxylation is 1. The summed E-state index contributed by atoms with van der Waals surface area (Å²) in [6.07, 6.45) is 0.351. The molecule has 6 N–H and O–H groups in total. The van der Waals surface area contributed by atoms with Gasteiger partial charge in [0.2, 0.25) is 23.6 Å². The topological polar surface area (TPSA) is 171 Å². The van der Waals surface area contributed by atoms with Crippen molar-refractivity contribution < 1.29 is 24.0 Å². The van der Waals surface area contributed by atoms with Crippen LogP contribution >= 0.6 is 0 Å². The van der Waals surface area contributed by atoms with E-state index in [0.29, 0.717) is 6.21 Å². The maximum Gasteiger partial charge on any atom is 0.243 e. The van der Waals surface area contributed by atoms with Crippen molar-refractivity contribution in [3.63, 3.8) is 0 Å². The van der Waals surface area contributed by atoms with Crippen LogP contribution < -0.4 is 21.7 Å². The number of ketones is 1. The van der Waals surface area contributed by atoms with Crippen molar-refractivity contribution in [3.05, 3.63) is 35.4 Å². The lowest BCUT2D eigenvalue weighted by atomic mass is 10.1. The molecule has 0 aromatic heterocycles. The van der Waals surface area contributed by atoms with Crippen LogP contribution in [-0.4, -0.2) is 47.7 Å². The molecule has 0 saturated carbocycles. The highest BCUT2D eigenvalue weighted by atomic mass is 16.2. The maximum atomic E-state index is 12.7. The summed E-state index contributed by atoms with van der Waals surface area (Å²) in [6.45, 7) is 3.39. The van der Waals surface area contributed by atoms with Crippen molar-refractivity contribution in [1.82, 2.24) is 16.0 Å². The van der Waals surface area contributed by atoms with E-state index >= 15 is 0 Å². The van der Waals surface area contributed by atoms with Gasteiger partial charge >= 0.3 is 0 Å². The van der Waals surface area contributed by atoms with Gasteiger partial charge in [-0.1, -0.05) is 29.8 Å². The zero-order valence-electron chi connectivity index (χ0n) is 17.7. The first-order valence-electron chi connectivity index (χ1n) is 9.84. The van der Waals surface area contributed by atoms with Gasteiger partial charge in [-0.15, -0.1) is 0 Å². The fourth-order valence-electron chi connectivity index (χ4n) is 2.72. The first kappa shape index (κ1) is 25.5. The van der Waals surface area contributed by atoms with E-state index < -0.39 is 41.5 Å². The Balaban J connectivity index is 2.86. The quantitative estimate of drug-likeness (QED) is 0.273. The Hall–Kier alpha value is -3.56. The number of benzene rings is 1. The molecule has 0 fully saturated rings. The Morgan fingerprint density at radius 1 is 0.968 bits per heavy atom. The van der Waals surface area contributed by atoms with E-state index in [1.807, 2.05) is 31.2 Å². The van der Waals surface area contributed by atoms with Crippen molar-refractivity contribution in [3.8, 4) is 0 Å². The molecule has 2 atom stereocenters. The summed E-state index contributed by atoms with van der Waals surface area (Å²) >= 11 is 0. The number of nitrogens with two attached hydrogens (primary N) is 1. The number of Topliss-reactive ketones (excluding diaryl/α,β-unsaturated/α-hetero) is 1. The van der Waals surface area contributed by atoms with E-state index in [-0.39, 0.29) is 32.2 Å². The minimum Gasteiger partial charge on any atom is -0.370 e. The zero-order chi connectivity index (χ0) is 23.4. The third-order valence-corrected chi connectivity index (χ3v) is 4.43. The van der Waals surface area contributed by atoms with Crippen LogP contribution in [0.3, 0.4) is 0 Å². The minimum atomic E-state index is -1.06. The third kappa shape index (κ3) is 10.2. The summed E-state index contributed by atoms with van der Waals surface area (Å²) in [5.74, 6) is -2.79. The van der Waals surface area contributed by atoms with E-state index in [4.69, 9.17) is 11.1 Å². The highest BCUT2D eigenvalue weighted by molar-refractivity contribution is 6.26. The average Bonchev–Trinajstić information content (AvgIpc) is 2.72. The number of nitrogens with one attached hydrogen (secondary N) is 4. The Kier molecular flexibility index (Phi) is 10.6. The second-order valence-electron chi connectivity index (χ2n) is 7.17. The minimum absolute atomic E-state index is 0.0255. The van der Waals surface area contributed by atoms with Gasteiger partial charge in [-0.25, -0.2) is 0 Å². The van der Waals surface area contributed by atoms with E-state index in [1.165, 1.54) is 6.92 Å². The summed E-state index contributed by atoms with van der Waals surface area (Å²) < 4.78 is 0. The van der Waals surface area contributed by atoms with Crippen LogP contribution in [0.5, 0.6) is 0 Å². The Morgan fingerprint density at radius 2 is 1.55 bits per heavy atom. The molecule has 0 aliphatic heterocycles. The lowest BCUT2D eigenvalue weighted by Crippen LogP contribution is -2.53. The number of carbonyl (C=O) groups excluding carboxylic acids is 5. The smallest absolute Gasteiger partial charge is 0.243 e. The van der Waals surface area contributed by atoms with Crippen LogP contribution in [-0.2, 0) is 30.5 Å². The molecule has 10 nitrogen and oxygen atoms in total. The van der Waals surface area contributed by atoms with Crippen LogP contribution in [0.4, 0.5) is 0 Å². The standard InChI is InChI=1S/C21H29N5O5/c1-13-3-5-15(6-4-13)12-24-20(30)17(8-7-16(28)11-22)26-21(31)18(25-14(2)27)9-10-19(23)29/h3-6,11,17-18,22H,7-10,12H2,1-2H3,(H2,23,29)(H,24,30)(H,25,27)(H,26,31)/t17-,18-/m0/s1. The van der Waals surface area contributed by atoms with E-state index in [2.05, 4.69) is 16.0 Å². The van der Waals surface area contributed by atoms with Gasteiger partial charge in [-0.2, -0.15) is 0 Å². The highest BCUT2D eigenvalue weighted by Gasteiger charge is 2.26. The number of rotatable bonds is 13. The SMILES string of the molecule is CC(=O)N[C@@H](CCC(N)=O)C(=O)N[C@@H](CCC(=O)C=N)C(=O)NCc1ccc(C)cc1. The molecule has 1 rings (SSSR count). The summed E-state index contributed by atoms with van der Waals surface area (Å²) in [5.41, 5.74) is 7.05. The van der Waals surface area contributed by atoms with E-state index in [0.717, 1.165) is 11.1 Å². The Labute approximate surface area is 180 Å². The molecule has 0 spiro atoms. The van der Waals surface area contributed by atoms with Crippen molar-refractivity contribution in [2.75, 3.05) is 0 Å². The average molecular weight is 431 g/mol. The van der Waals surface area contributed by atoms with Crippen molar-refractivity contribution in [2.45, 2.75) is 58.2 Å². The van der Waals surface area contributed by atoms with Gasteiger partial charge in [0, 0.05) is 26.3 Å². The van der Waals surface area contributed by atoms with Crippen LogP contribution in [0.1, 0.15) is 43.7 Å². The first-order valence-corrected chi connectivity index (χ1v) is 9.84. The van der Waals surface area contributed by atoms with Gasteiger partial charge in [0.25, 0.3) is 0 Å². The number of primary amides is 1. The Bertz CT molecular complexity index is 822. The molecule has 31 heavy (non-hydrogen) atoms. The molecule has 168 valence electrons. The van der Waals surface area contributed by atoms with Gasteiger partial charge < -0.3 is 27.1 Å². The van der Waals surface area contributed by atoms with Crippen molar-refractivity contribution >= 4 is 35.6 Å². The predicted octanol–water partition coefficient (Wildman–Crippen LogP) is -0.135. The van der Waals surface area contributed by atoms with Gasteiger partial charge in [0.1, 0.15) is 12.1 Å². The van der Waals surface area contributed by atoms with Crippen LogP contribution in [0.15, 0.2) is 24.3 Å². The predicted molar refractivity (Wildman–Crippen MR) is 114 cm³/mol. The van der Waals surface area contributed by atoms with E-state index in [9.17, 15) is 24.0 Å². The van der Waals surface area contributed by atoms with Gasteiger partial charge in [-0.05, 0) is 25.3 Å². The molecule has 0 radical (unpaired) electrons. The first-order chi connectivity index (χ1) is 14.6. The molecule has 0 bridgehead atoms. The lowest BCUT2D eigenvalue weighted by molar-refractivity contribution is -0.132. The monoisotopic (exact) mass is 431 g/mol. The summed E-state index contributed by atoms with van der Waals surface area (Å²) in [4.78, 5) is 59.3. The highest BCUT2D eigenvalue weighted by Crippen LogP contribution is 2.05. The van der Waals surface area contributed by atoms with Crippen molar-refractivity contribution in [2.24, 2.45) is 5.73 Å². The third-order valence-electron chi connectivity index (χ3n) is 4.43. The second-order valence-corrected chi connectivity index (χ2v) is 7.17. The van der Waals surface area contributed by atoms with E-state index in [1.54, 1.807) is 0 Å². The largest absolute Gasteiger partial charge is 0.370 e. The molecular formula is C21H29N5O5. The molecule has 0 unspecified atom stereocenters. The second kappa shape index (κ2) is 12.9. The lowest BCUT2D eigenvalue weighted by Gasteiger charge is -2.22. The van der Waals surface area contributed by atoms with Gasteiger partial charge in [0.05, 0.1) is 6.21 Å². The van der Waals surface area contributed by atoms with Crippen molar-refractivity contribution in [1.29, 1.82) is 5.41 Å². The maximum absolute atomic E-state index is 12.7. The number of amides is 4. The fourth-order valence-corrected chi connectivity index (χ4v) is 2.72. The molecule has 4 amide bonds. The molecule has 0 aliphatic rings. The van der Waals surface area contributed by atoms with Crippen LogP contribution in [0.25, 0.3) is 0 Å². The van der Waals surface area contributed by atoms with Gasteiger partial charge in [-0.3, -0.25) is 24.0 Å². The summed E-state index contributed by atoms with van der Waals surface area (Å²) in [6, 6.07) is 5.40. The summed E-state index contributed by atoms with van der Waals surface area (Å²) in [7, 11) is 0. The van der Waals surface area contributed by atoms with Gasteiger partial charge in [0.15, 0.2) is 5.78 Å². The van der Waals surface area contributed by atoms with Crippen LogP contribution in [0, 0.1) is 12.3 Å². The zero-order valence-corrected chi connectivity index (χ0v) is 17.7. The molecule has 10 heteroatoms.